The van der Waals surface area contributed by atoms with Crippen molar-refractivity contribution >= 4 is 23.3 Å². The summed E-state index contributed by atoms with van der Waals surface area (Å²) in [4.78, 5) is 33.5. The zero-order valence-electron chi connectivity index (χ0n) is 15.1. The summed E-state index contributed by atoms with van der Waals surface area (Å²) in [7, 11) is 0. The van der Waals surface area contributed by atoms with Crippen molar-refractivity contribution in [3.8, 4) is 0 Å². The number of rotatable bonds is 4. The molecule has 7 heteroatoms. The Morgan fingerprint density at radius 1 is 1.21 bits per heavy atom. The molecule has 1 amide bonds. The molecule has 0 aliphatic carbocycles. The molecule has 0 saturated heterocycles. The van der Waals surface area contributed by atoms with E-state index in [0.29, 0.717) is 5.02 Å². The van der Waals surface area contributed by atoms with Crippen molar-refractivity contribution in [2.45, 2.75) is 19.5 Å². The number of aromatic nitrogens is 2. The van der Waals surface area contributed by atoms with Crippen LogP contribution in [0, 0.1) is 0 Å². The number of aromatic amines is 1. The maximum absolute atomic E-state index is 12.4. The lowest BCUT2D eigenvalue weighted by molar-refractivity contribution is 0.0949. The Labute approximate surface area is 167 Å². The molecule has 0 spiro atoms. The zero-order chi connectivity index (χ0) is 19.5. The molecular weight excluding hydrogens is 376 g/mol. The number of anilines is 1. The van der Waals surface area contributed by atoms with Gasteiger partial charge < -0.3 is 15.2 Å². The van der Waals surface area contributed by atoms with E-state index in [1.165, 1.54) is 23.4 Å². The first-order valence-corrected chi connectivity index (χ1v) is 9.41. The Balaban J connectivity index is 1.52. The van der Waals surface area contributed by atoms with Gasteiger partial charge in [0, 0.05) is 37.6 Å². The van der Waals surface area contributed by atoms with Gasteiger partial charge in [-0.15, -0.1) is 0 Å². The number of H-pyrrole nitrogens is 1. The summed E-state index contributed by atoms with van der Waals surface area (Å²) in [5, 5.41) is 3.10. The number of pyridine rings is 2. The van der Waals surface area contributed by atoms with Crippen molar-refractivity contribution in [2.75, 3.05) is 11.4 Å². The highest BCUT2D eigenvalue weighted by Gasteiger charge is 2.20. The molecule has 4 rings (SSSR count). The average Bonchev–Trinajstić information content (AvgIpc) is 2.73. The van der Waals surface area contributed by atoms with Gasteiger partial charge in [-0.25, -0.2) is 4.98 Å². The first-order chi connectivity index (χ1) is 13.6. The molecule has 0 radical (unpaired) electrons. The fourth-order valence-corrected chi connectivity index (χ4v) is 3.59. The van der Waals surface area contributed by atoms with Gasteiger partial charge in [-0.05, 0) is 29.7 Å². The van der Waals surface area contributed by atoms with Crippen LogP contribution in [0.5, 0.6) is 0 Å². The third-order valence-electron chi connectivity index (χ3n) is 4.85. The first-order valence-electron chi connectivity index (χ1n) is 9.04. The minimum Gasteiger partial charge on any atom is -0.352 e. The molecule has 1 aliphatic heterocycles. The zero-order valence-corrected chi connectivity index (χ0v) is 15.9. The van der Waals surface area contributed by atoms with Crippen LogP contribution in [0.1, 0.15) is 27.0 Å². The van der Waals surface area contributed by atoms with E-state index in [1.807, 2.05) is 18.2 Å². The molecule has 0 fully saturated rings. The minimum atomic E-state index is -0.471. The molecule has 0 saturated carbocycles. The van der Waals surface area contributed by atoms with Crippen molar-refractivity contribution in [3.63, 3.8) is 0 Å². The van der Waals surface area contributed by atoms with Crippen molar-refractivity contribution in [1.29, 1.82) is 0 Å². The van der Waals surface area contributed by atoms with Crippen LogP contribution in [0.2, 0.25) is 5.02 Å². The topological polar surface area (TPSA) is 78.1 Å². The van der Waals surface area contributed by atoms with E-state index in [-0.39, 0.29) is 12.1 Å². The number of fused-ring (bicyclic) bond motifs is 1. The maximum atomic E-state index is 12.4. The number of benzene rings is 1. The smallest absolute Gasteiger partial charge is 0.260 e. The maximum Gasteiger partial charge on any atom is 0.260 e. The number of carbonyl (C=O) groups excluding carboxylic acids is 1. The van der Waals surface area contributed by atoms with Gasteiger partial charge in [0.15, 0.2) is 0 Å². The average molecular weight is 395 g/mol. The van der Waals surface area contributed by atoms with Gasteiger partial charge in [0.1, 0.15) is 11.4 Å². The van der Waals surface area contributed by atoms with Crippen molar-refractivity contribution in [3.05, 3.63) is 92.5 Å². The molecule has 0 bridgehead atoms. The van der Waals surface area contributed by atoms with E-state index in [0.717, 1.165) is 30.9 Å². The van der Waals surface area contributed by atoms with Crippen LogP contribution in [0.3, 0.4) is 0 Å². The van der Waals surface area contributed by atoms with Crippen LogP contribution < -0.4 is 15.8 Å². The lowest BCUT2D eigenvalue weighted by Gasteiger charge is -2.31. The highest BCUT2D eigenvalue weighted by molar-refractivity contribution is 6.30. The van der Waals surface area contributed by atoms with E-state index in [1.54, 1.807) is 6.20 Å². The molecule has 142 valence electrons. The highest BCUT2D eigenvalue weighted by atomic mass is 35.5. The van der Waals surface area contributed by atoms with Crippen molar-refractivity contribution in [2.24, 2.45) is 0 Å². The van der Waals surface area contributed by atoms with Gasteiger partial charge >= 0.3 is 0 Å². The summed E-state index contributed by atoms with van der Waals surface area (Å²) in [5.74, 6) is 0.375. The second kappa shape index (κ2) is 7.86. The lowest BCUT2D eigenvalue weighted by Crippen LogP contribution is -2.33. The molecule has 3 heterocycles. The predicted molar refractivity (Wildman–Crippen MR) is 109 cm³/mol. The number of carbonyl (C=O) groups is 1. The van der Waals surface area contributed by atoms with E-state index >= 15 is 0 Å². The molecule has 2 N–H and O–H groups in total. The minimum absolute atomic E-state index is 0.00941. The quantitative estimate of drug-likeness (QED) is 0.713. The Morgan fingerprint density at radius 2 is 2.04 bits per heavy atom. The molecule has 0 atom stereocenters. The monoisotopic (exact) mass is 394 g/mol. The SMILES string of the molecule is O=C(NCc1cccnc1N1CCc2ccccc2C1)c1cc(Cl)c[nH]c1=O. The third-order valence-corrected chi connectivity index (χ3v) is 5.07. The van der Waals surface area contributed by atoms with Crippen LogP contribution in [0.15, 0.2) is 59.7 Å². The summed E-state index contributed by atoms with van der Waals surface area (Å²) in [5.41, 5.74) is 3.07. The molecule has 3 aromatic rings. The van der Waals surface area contributed by atoms with E-state index < -0.39 is 11.5 Å². The Hall–Kier alpha value is -3.12. The summed E-state index contributed by atoms with van der Waals surface area (Å²) in [6.07, 6.45) is 4.06. The van der Waals surface area contributed by atoms with E-state index in [2.05, 4.69) is 38.4 Å². The Morgan fingerprint density at radius 3 is 2.89 bits per heavy atom. The van der Waals surface area contributed by atoms with Crippen molar-refractivity contribution in [1.82, 2.24) is 15.3 Å². The first kappa shape index (κ1) is 18.3. The largest absolute Gasteiger partial charge is 0.352 e. The summed E-state index contributed by atoms with van der Waals surface area (Å²) >= 11 is 5.88. The fraction of sp³-hybridized carbons (Fsp3) is 0.190. The van der Waals surface area contributed by atoms with Gasteiger partial charge in [0.25, 0.3) is 11.5 Å². The van der Waals surface area contributed by atoms with Gasteiger partial charge in [0.2, 0.25) is 0 Å². The molecule has 1 aliphatic rings. The predicted octanol–water partition coefficient (Wildman–Crippen LogP) is 2.92. The molecular formula is C21H19ClN4O2. The van der Waals surface area contributed by atoms with Gasteiger partial charge in [-0.1, -0.05) is 41.9 Å². The summed E-state index contributed by atoms with van der Waals surface area (Å²) in [6.45, 7) is 1.91. The van der Waals surface area contributed by atoms with Crippen LogP contribution in [-0.4, -0.2) is 22.4 Å². The number of hydrogen-bond donors (Lipinski definition) is 2. The van der Waals surface area contributed by atoms with Gasteiger partial charge in [-0.2, -0.15) is 0 Å². The number of nitrogens with zero attached hydrogens (tertiary/aromatic N) is 2. The van der Waals surface area contributed by atoms with Crippen LogP contribution in [0.25, 0.3) is 0 Å². The number of hydrogen-bond acceptors (Lipinski definition) is 4. The van der Waals surface area contributed by atoms with Gasteiger partial charge in [0.05, 0.1) is 5.02 Å². The van der Waals surface area contributed by atoms with Gasteiger partial charge in [-0.3, -0.25) is 9.59 Å². The van der Waals surface area contributed by atoms with E-state index in [9.17, 15) is 9.59 Å². The van der Waals surface area contributed by atoms with Crippen LogP contribution in [-0.2, 0) is 19.5 Å². The lowest BCUT2D eigenvalue weighted by atomic mass is 9.99. The number of halogens is 1. The molecule has 6 nitrogen and oxygen atoms in total. The van der Waals surface area contributed by atoms with E-state index in [4.69, 9.17) is 11.6 Å². The third kappa shape index (κ3) is 3.77. The molecule has 1 aromatic carbocycles. The van der Waals surface area contributed by atoms with Crippen LogP contribution >= 0.6 is 11.6 Å². The fourth-order valence-electron chi connectivity index (χ4n) is 3.43. The summed E-state index contributed by atoms with van der Waals surface area (Å²) in [6, 6.07) is 13.5. The molecule has 28 heavy (non-hydrogen) atoms. The molecule has 0 unspecified atom stereocenters. The normalized spacial score (nSPS) is 13.1. The molecule has 2 aromatic heterocycles. The Bertz CT molecular complexity index is 1080. The number of amides is 1. The van der Waals surface area contributed by atoms with Crippen molar-refractivity contribution < 1.29 is 4.79 Å². The second-order valence-electron chi connectivity index (χ2n) is 6.67. The standard InChI is InChI=1S/C21H19ClN4O2/c22-17-10-18(21(28)25-12-17)20(27)24-11-15-6-3-8-23-19(15)26-9-7-14-4-1-2-5-16(14)13-26/h1-6,8,10,12H,7,9,11,13H2,(H,24,27)(H,25,28). The van der Waals surface area contributed by atoms with Crippen LogP contribution in [0.4, 0.5) is 5.82 Å². The summed E-state index contributed by atoms with van der Waals surface area (Å²) < 4.78 is 0. The second-order valence-corrected chi connectivity index (χ2v) is 7.11. The number of nitrogens with one attached hydrogen (secondary N) is 2. The Kier molecular flexibility index (Phi) is 5.12. The highest BCUT2D eigenvalue weighted by Crippen LogP contribution is 2.25.